The van der Waals surface area contributed by atoms with Gasteiger partial charge in [-0.05, 0) is 30.9 Å². The minimum absolute atomic E-state index is 0. The Hall–Kier alpha value is -0.770. The summed E-state index contributed by atoms with van der Waals surface area (Å²) in [6.45, 7) is 7.40. The van der Waals surface area contributed by atoms with Crippen LogP contribution in [0.5, 0.6) is 0 Å². The van der Waals surface area contributed by atoms with Gasteiger partial charge in [-0.1, -0.05) is 18.2 Å². The van der Waals surface area contributed by atoms with Crippen LogP contribution in [0.1, 0.15) is 24.5 Å². The van der Waals surface area contributed by atoms with Crippen LogP contribution in [0, 0.1) is 0 Å². The highest BCUT2D eigenvalue weighted by Gasteiger charge is 2.18. The van der Waals surface area contributed by atoms with Crippen LogP contribution in [0.3, 0.4) is 0 Å². The average molecular weight is 283 g/mol. The van der Waals surface area contributed by atoms with E-state index in [1.54, 1.807) is 0 Å². The van der Waals surface area contributed by atoms with Gasteiger partial charge in [0.05, 0.1) is 6.10 Å². The summed E-state index contributed by atoms with van der Waals surface area (Å²) < 4.78 is 5.71. The van der Waals surface area contributed by atoms with Crippen LogP contribution in [0.25, 0.3) is 0 Å². The quantitative estimate of drug-likeness (QED) is 0.903. The molecule has 3 nitrogen and oxygen atoms in total. The molecule has 2 aliphatic heterocycles. The third kappa shape index (κ3) is 3.41. The molecule has 19 heavy (non-hydrogen) atoms. The molecular formula is C15H23ClN2O. The molecule has 0 spiro atoms. The summed E-state index contributed by atoms with van der Waals surface area (Å²) in [5.74, 6) is 0. The maximum Gasteiger partial charge on any atom is 0.0674 e. The lowest BCUT2D eigenvalue weighted by atomic mass is 10.1. The molecule has 1 aromatic rings. The van der Waals surface area contributed by atoms with Crippen LogP contribution in [-0.4, -0.2) is 37.2 Å². The van der Waals surface area contributed by atoms with E-state index >= 15 is 0 Å². The number of nitrogens with zero attached hydrogens (tertiary/aromatic N) is 1. The summed E-state index contributed by atoms with van der Waals surface area (Å²) >= 11 is 0. The Kier molecular flexibility index (Phi) is 5.08. The Morgan fingerprint density at radius 1 is 1.42 bits per heavy atom. The van der Waals surface area contributed by atoms with E-state index in [1.807, 2.05) is 0 Å². The summed E-state index contributed by atoms with van der Waals surface area (Å²) in [5, 5.41) is 3.53. The topological polar surface area (TPSA) is 24.5 Å². The minimum atomic E-state index is 0. The summed E-state index contributed by atoms with van der Waals surface area (Å²) in [6.07, 6.45) is 2.67. The van der Waals surface area contributed by atoms with Crippen molar-refractivity contribution in [3.05, 3.63) is 29.3 Å². The van der Waals surface area contributed by atoms with Gasteiger partial charge in [0, 0.05) is 38.5 Å². The summed E-state index contributed by atoms with van der Waals surface area (Å²) in [7, 11) is 0. The Morgan fingerprint density at radius 2 is 2.32 bits per heavy atom. The fourth-order valence-electron chi connectivity index (χ4n) is 3.01. The Bertz CT molecular complexity index is 425. The second kappa shape index (κ2) is 6.60. The number of hydrogen-bond donors (Lipinski definition) is 1. The second-order valence-corrected chi connectivity index (χ2v) is 5.40. The standard InChI is InChI=1S/C15H22N2O.ClH/c1-12-10-17(8-3-9-18-12)11-14-5-2-4-13-6-7-16-15(13)14;/h2,4-5,12,16H,3,6-11H2,1H3;1H. The number of benzene rings is 1. The van der Waals surface area contributed by atoms with Crippen LogP contribution in [0.2, 0.25) is 0 Å². The highest BCUT2D eigenvalue weighted by molar-refractivity contribution is 5.85. The molecule has 0 aromatic heterocycles. The van der Waals surface area contributed by atoms with E-state index in [9.17, 15) is 0 Å². The van der Waals surface area contributed by atoms with E-state index < -0.39 is 0 Å². The highest BCUT2D eigenvalue weighted by atomic mass is 35.5. The first-order valence-corrected chi connectivity index (χ1v) is 7.01. The molecule has 4 heteroatoms. The van der Waals surface area contributed by atoms with E-state index in [0.717, 1.165) is 39.2 Å². The fraction of sp³-hybridized carbons (Fsp3) is 0.600. The highest BCUT2D eigenvalue weighted by Crippen LogP contribution is 2.27. The molecular weight excluding hydrogens is 260 g/mol. The number of fused-ring (bicyclic) bond motifs is 1. The SMILES string of the molecule is CC1CN(Cc2cccc3c2NCC3)CCCO1.Cl. The van der Waals surface area contributed by atoms with Gasteiger partial charge in [-0.15, -0.1) is 12.4 Å². The van der Waals surface area contributed by atoms with Gasteiger partial charge in [0.25, 0.3) is 0 Å². The van der Waals surface area contributed by atoms with Gasteiger partial charge in [-0.25, -0.2) is 0 Å². The molecule has 2 heterocycles. The van der Waals surface area contributed by atoms with E-state index in [2.05, 4.69) is 35.3 Å². The molecule has 0 bridgehead atoms. The normalized spacial score (nSPS) is 23.1. The van der Waals surface area contributed by atoms with Crippen molar-refractivity contribution in [2.24, 2.45) is 0 Å². The van der Waals surface area contributed by atoms with Crippen LogP contribution in [0.4, 0.5) is 5.69 Å². The first kappa shape index (κ1) is 14.6. The van der Waals surface area contributed by atoms with Gasteiger partial charge in [-0.2, -0.15) is 0 Å². The monoisotopic (exact) mass is 282 g/mol. The smallest absolute Gasteiger partial charge is 0.0674 e. The molecule has 1 atom stereocenters. The maximum atomic E-state index is 5.71. The van der Waals surface area contributed by atoms with Crippen molar-refractivity contribution in [1.29, 1.82) is 0 Å². The minimum Gasteiger partial charge on any atom is -0.384 e. The van der Waals surface area contributed by atoms with E-state index in [-0.39, 0.29) is 12.4 Å². The van der Waals surface area contributed by atoms with Gasteiger partial charge in [-0.3, -0.25) is 4.90 Å². The zero-order valence-electron chi connectivity index (χ0n) is 11.5. The average Bonchev–Trinajstić information content (AvgIpc) is 2.75. The Morgan fingerprint density at radius 3 is 3.21 bits per heavy atom. The first-order chi connectivity index (χ1) is 8.83. The van der Waals surface area contributed by atoms with Gasteiger partial charge >= 0.3 is 0 Å². The van der Waals surface area contributed by atoms with Crippen LogP contribution < -0.4 is 5.32 Å². The lowest BCUT2D eigenvalue weighted by molar-refractivity contribution is 0.0668. The third-order valence-electron chi connectivity index (χ3n) is 3.86. The Labute approximate surface area is 121 Å². The van der Waals surface area contributed by atoms with Crippen molar-refractivity contribution < 1.29 is 4.74 Å². The van der Waals surface area contributed by atoms with Gasteiger partial charge < -0.3 is 10.1 Å². The fourth-order valence-corrected chi connectivity index (χ4v) is 3.01. The van der Waals surface area contributed by atoms with Crippen molar-refractivity contribution in [3.8, 4) is 0 Å². The van der Waals surface area contributed by atoms with E-state index in [4.69, 9.17) is 4.74 Å². The maximum absolute atomic E-state index is 5.71. The molecule has 1 fully saturated rings. The van der Waals surface area contributed by atoms with Crippen molar-refractivity contribution in [1.82, 2.24) is 4.90 Å². The van der Waals surface area contributed by atoms with Crippen molar-refractivity contribution in [2.45, 2.75) is 32.4 Å². The van der Waals surface area contributed by atoms with Crippen LogP contribution in [-0.2, 0) is 17.7 Å². The molecule has 1 unspecified atom stereocenters. The molecule has 0 amide bonds. The largest absolute Gasteiger partial charge is 0.384 e. The number of para-hydroxylation sites is 1. The summed E-state index contributed by atoms with van der Waals surface area (Å²) in [6, 6.07) is 6.69. The number of halogens is 1. The molecule has 0 radical (unpaired) electrons. The molecule has 2 aliphatic rings. The number of hydrogen-bond acceptors (Lipinski definition) is 3. The van der Waals surface area contributed by atoms with E-state index in [1.165, 1.54) is 23.2 Å². The number of nitrogens with one attached hydrogen (secondary N) is 1. The van der Waals surface area contributed by atoms with Crippen molar-refractivity contribution >= 4 is 18.1 Å². The molecule has 0 saturated carbocycles. The molecule has 1 saturated heterocycles. The lowest BCUT2D eigenvalue weighted by Crippen LogP contribution is -2.30. The molecule has 106 valence electrons. The second-order valence-electron chi connectivity index (χ2n) is 5.40. The van der Waals surface area contributed by atoms with Crippen LogP contribution in [0.15, 0.2) is 18.2 Å². The first-order valence-electron chi connectivity index (χ1n) is 7.01. The Balaban J connectivity index is 0.00000133. The lowest BCUT2D eigenvalue weighted by Gasteiger charge is -2.23. The van der Waals surface area contributed by atoms with Gasteiger partial charge in [0.2, 0.25) is 0 Å². The summed E-state index contributed by atoms with van der Waals surface area (Å²) in [4.78, 5) is 2.52. The molecule has 1 aromatic carbocycles. The zero-order valence-corrected chi connectivity index (χ0v) is 12.3. The number of rotatable bonds is 2. The van der Waals surface area contributed by atoms with Crippen molar-refractivity contribution in [3.63, 3.8) is 0 Å². The number of anilines is 1. The molecule has 1 N–H and O–H groups in total. The van der Waals surface area contributed by atoms with Crippen molar-refractivity contribution in [2.75, 3.05) is 31.6 Å². The summed E-state index contributed by atoms with van der Waals surface area (Å²) in [5.41, 5.74) is 4.31. The predicted molar refractivity (Wildman–Crippen MR) is 81.2 cm³/mol. The van der Waals surface area contributed by atoms with E-state index in [0.29, 0.717) is 6.10 Å². The third-order valence-corrected chi connectivity index (χ3v) is 3.86. The number of ether oxygens (including phenoxy) is 1. The van der Waals surface area contributed by atoms with Gasteiger partial charge in [0.15, 0.2) is 0 Å². The zero-order chi connectivity index (χ0) is 12.4. The predicted octanol–water partition coefficient (Wildman–Crippen LogP) is 2.69. The molecule has 3 rings (SSSR count). The van der Waals surface area contributed by atoms with Gasteiger partial charge in [0.1, 0.15) is 0 Å². The molecule has 0 aliphatic carbocycles. The van der Waals surface area contributed by atoms with Crippen LogP contribution >= 0.6 is 12.4 Å².